The van der Waals surface area contributed by atoms with Gasteiger partial charge in [0.25, 0.3) is 5.91 Å². The van der Waals surface area contributed by atoms with Gasteiger partial charge in [-0.3, -0.25) is 4.79 Å². The molecule has 0 saturated carbocycles. The Morgan fingerprint density at radius 1 is 1.23 bits per heavy atom. The second-order valence-electron chi connectivity index (χ2n) is 6.91. The van der Waals surface area contributed by atoms with Crippen molar-refractivity contribution in [3.05, 3.63) is 29.8 Å². The Morgan fingerprint density at radius 2 is 1.85 bits per heavy atom. The summed E-state index contributed by atoms with van der Waals surface area (Å²) in [5.41, 5.74) is -1.36. The molecule has 1 atom stereocenters. The highest BCUT2D eigenvalue weighted by molar-refractivity contribution is 6.03. The number of para-hydroxylation sites is 1. The largest absolute Gasteiger partial charge is 0.479 e. The summed E-state index contributed by atoms with van der Waals surface area (Å²) in [6.07, 6.45) is 1.90. The lowest BCUT2D eigenvalue weighted by molar-refractivity contribution is -0.155. The van der Waals surface area contributed by atoms with E-state index in [4.69, 9.17) is 5.11 Å². The molecule has 1 fully saturated rings. The number of likely N-dealkylation sites (tertiary alicyclic amines) is 1. The summed E-state index contributed by atoms with van der Waals surface area (Å²) >= 11 is 0. The normalized spacial score (nSPS) is 17.3. The predicted octanol–water partition coefficient (Wildman–Crippen LogP) is 1.52. The number of carboxylic acid groups (broad SMARTS) is 1. The zero-order chi connectivity index (χ0) is 19.3. The van der Waals surface area contributed by atoms with E-state index in [2.05, 4.69) is 17.6 Å². The lowest BCUT2D eigenvalue weighted by Gasteiger charge is -2.30. The zero-order valence-corrected chi connectivity index (χ0v) is 15.0. The van der Waals surface area contributed by atoms with Gasteiger partial charge in [0.05, 0.1) is 17.8 Å². The minimum atomic E-state index is -2.07. The molecule has 4 N–H and O–H groups in total. The molecule has 1 aliphatic rings. The van der Waals surface area contributed by atoms with Crippen molar-refractivity contribution in [2.75, 3.05) is 25.0 Å². The van der Waals surface area contributed by atoms with Crippen molar-refractivity contribution < 1.29 is 24.6 Å². The maximum atomic E-state index is 12.8. The molecule has 1 unspecified atom stereocenters. The van der Waals surface area contributed by atoms with Crippen molar-refractivity contribution in [1.29, 1.82) is 0 Å². The van der Waals surface area contributed by atoms with E-state index in [0.29, 0.717) is 30.3 Å². The van der Waals surface area contributed by atoms with Crippen LogP contribution in [0.2, 0.25) is 0 Å². The van der Waals surface area contributed by atoms with Crippen molar-refractivity contribution in [1.82, 2.24) is 10.2 Å². The summed E-state index contributed by atoms with van der Waals surface area (Å²) < 4.78 is 0. The van der Waals surface area contributed by atoms with Gasteiger partial charge in [0.2, 0.25) is 0 Å². The van der Waals surface area contributed by atoms with E-state index in [1.165, 1.54) is 0 Å². The van der Waals surface area contributed by atoms with Crippen molar-refractivity contribution in [3.8, 4) is 0 Å². The molecule has 26 heavy (non-hydrogen) atoms. The summed E-state index contributed by atoms with van der Waals surface area (Å²) in [4.78, 5) is 37.4. The Morgan fingerprint density at radius 3 is 2.46 bits per heavy atom. The molecule has 2 rings (SSSR count). The first kappa shape index (κ1) is 19.7. The maximum Gasteiger partial charge on any atom is 0.337 e. The second-order valence-corrected chi connectivity index (χ2v) is 6.91. The lowest BCUT2D eigenvalue weighted by Crippen LogP contribution is -2.47. The number of aliphatic hydroxyl groups is 1. The number of carbonyl (C=O) groups excluding carboxylic acids is 2. The van der Waals surface area contributed by atoms with Gasteiger partial charge in [-0.05, 0) is 37.8 Å². The van der Waals surface area contributed by atoms with E-state index in [0.717, 1.165) is 19.8 Å². The molecular weight excluding hydrogens is 338 g/mol. The number of carbonyl (C=O) groups is 3. The number of hydrogen-bond donors (Lipinski definition) is 4. The van der Waals surface area contributed by atoms with E-state index in [-0.39, 0.29) is 5.91 Å². The Kier molecular flexibility index (Phi) is 6.20. The number of anilines is 1. The number of nitrogens with one attached hydrogen (secondary N) is 2. The molecule has 1 heterocycles. The Bertz CT molecular complexity index is 681. The van der Waals surface area contributed by atoms with E-state index in [1.54, 1.807) is 29.2 Å². The first-order chi connectivity index (χ1) is 12.2. The van der Waals surface area contributed by atoms with Crippen LogP contribution >= 0.6 is 0 Å². The number of amides is 3. The highest BCUT2D eigenvalue weighted by atomic mass is 16.4. The number of nitrogens with zero attached hydrogens (tertiary/aromatic N) is 1. The third kappa shape index (κ3) is 4.95. The molecule has 0 aromatic heterocycles. The quantitative estimate of drug-likeness (QED) is 0.632. The van der Waals surface area contributed by atoms with Crippen LogP contribution in [0.4, 0.5) is 10.5 Å². The average molecular weight is 363 g/mol. The smallest absolute Gasteiger partial charge is 0.337 e. The first-order valence-corrected chi connectivity index (χ1v) is 8.59. The molecule has 8 heteroatoms. The molecule has 3 amide bonds. The van der Waals surface area contributed by atoms with Gasteiger partial charge in [-0.1, -0.05) is 19.1 Å². The van der Waals surface area contributed by atoms with Gasteiger partial charge in [0, 0.05) is 13.1 Å². The van der Waals surface area contributed by atoms with Crippen LogP contribution in [0, 0.1) is 5.92 Å². The van der Waals surface area contributed by atoms with Crippen LogP contribution in [0.5, 0.6) is 0 Å². The van der Waals surface area contributed by atoms with Crippen molar-refractivity contribution in [2.24, 2.45) is 5.92 Å². The van der Waals surface area contributed by atoms with Gasteiger partial charge >= 0.3 is 12.0 Å². The fraction of sp³-hybridized carbons (Fsp3) is 0.500. The first-order valence-electron chi connectivity index (χ1n) is 8.59. The van der Waals surface area contributed by atoms with Crippen LogP contribution in [0.1, 0.15) is 37.0 Å². The summed E-state index contributed by atoms with van der Waals surface area (Å²) in [7, 11) is 0. The van der Waals surface area contributed by atoms with Gasteiger partial charge in [-0.2, -0.15) is 0 Å². The van der Waals surface area contributed by atoms with Crippen molar-refractivity contribution in [2.45, 2.75) is 32.3 Å². The van der Waals surface area contributed by atoms with E-state index >= 15 is 0 Å². The van der Waals surface area contributed by atoms with Gasteiger partial charge in [0.15, 0.2) is 5.60 Å². The third-order valence-corrected chi connectivity index (χ3v) is 4.53. The monoisotopic (exact) mass is 363 g/mol. The molecule has 0 aliphatic carbocycles. The summed E-state index contributed by atoms with van der Waals surface area (Å²) in [5, 5.41) is 23.3. The number of aliphatic carboxylic acids is 1. The molecule has 1 saturated heterocycles. The molecule has 0 spiro atoms. The topological polar surface area (TPSA) is 119 Å². The van der Waals surface area contributed by atoms with Crippen LogP contribution in [0.3, 0.4) is 0 Å². The van der Waals surface area contributed by atoms with E-state index in [9.17, 15) is 19.5 Å². The molecule has 1 aromatic carbocycles. The number of benzene rings is 1. The number of urea groups is 1. The fourth-order valence-electron chi connectivity index (χ4n) is 2.66. The highest BCUT2D eigenvalue weighted by Crippen LogP contribution is 2.22. The Labute approximate surface area is 152 Å². The standard InChI is InChI=1S/C18H25N3O5/c1-12-7-9-21(10-8-12)15(22)13-5-3-4-6-14(13)20-17(25)19-11-18(2,26)16(23)24/h3-6,12,26H,7-11H2,1-2H3,(H,23,24)(H2,19,20,25). The van der Waals surface area contributed by atoms with Crippen molar-refractivity contribution >= 4 is 23.6 Å². The second kappa shape index (κ2) is 8.18. The Balaban J connectivity index is 2.03. The summed E-state index contributed by atoms with van der Waals surface area (Å²) in [5.74, 6) is -0.988. The van der Waals surface area contributed by atoms with E-state index < -0.39 is 24.1 Å². The van der Waals surface area contributed by atoms with Crippen LogP contribution < -0.4 is 10.6 Å². The van der Waals surface area contributed by atoms with Gasteiger partial charge in [-0.15, -0.1) is 0 Å². The third-order valence-electron chi connectivity index (χ3n) is 4.53. The molecule has 1 aromatic rings. The summed E-state index contributed by atoms with van der Waals surface area (Å²) in [6.45, 7) is 4.15. The lowest BCUT2D eigenvalue weighted by atomic mass is 9.98. The van der Waals surface area contributed by atoms with Gasteiger partial charge in [-0.25, -0.2) is 9.59 Å². The molecule has 1 aliphatic heterocycles. The zero-order valence-electron chi connectivity index (χ0n) is 15.0. The molecule has 142 valence electrons. The van der Waals surface area contributed by atoms with Crippen LogP contribution in [-0.4, -0.2) is 58.3 Å². The van der Waals surface area contributed by atoms with Gasteiger partial charge in [0.1, 0.15) is 0 Å². The number of carboxylic acids is 1. The molecular formula is C18H25N3O5. The van der Waals surface area contributed by atoms with Gasteiger partial charge < -0.3 is 25.7 Å². The number of piperidine rings is 1. The fourth-order valence-corrected chi connectivity index (χ4v) is 2.66. The predicted molar refractivity (Wildman–Crippen MR) is 96.0 cm³/mol. The molecule has 8 nitrogen and oxygen atoms in total. The number of rotatable bonds is 5. The minimum absolute atomic E-state index is 0.148. The minimum Gasteiger partial charge on any atom is -0.479 e. The average Bonchev–Trinajstić information content (AvgIpc) is 2.60. The molecule has 0 radical (unpaired) electrons. The van der Waals surface area contributed by atoms with Crippen LogP contribution in [-0.2, 0) is 4.79 Å². The Hall–Kier alpha value is -2.61. The highest BCUT2D eigenvalue weighted by Gasteiger charge is 2.30. The molecule has 0 bridgehead atoms. The van der Waals surface area contributed by atoms with Crippen LogP contribution in [0.25, 0.3) is 0 Å². The maximum absolute atomic E-state index is 12.8. The SMILES string of the molecule is CC1CCN(C(=O)c2ccccc2NC(=O)NCC(C)(O)C(=O)O)CC1. The van der Waals surface area contributed by atoms with Crippen LogP contribution in [0.15, 0.2) is 24.3 Å². The van der Waals surface area contributed by atoms with E-state index in [1.807, 2.05) is 0 Å². The number of hydrogen-bond acceptors (Lipinski definition) is 4. The summed E-state index contributed by atoms with van der Waals surface area (Å²) in [6, 6.07) is 5.97. The van der Waals surface area contributed by atoms with Crippen molar-refractivity contribution in [3.63, 3.8) is 0 Å².